The minimum absolute atomic E-state index is 0.606. The maximum Gasteiger partial charge on any atom is 0.0661 e. The fourth-order valence-electron chi connectivity index (χ4n) is 1.48. The fourth-order valence-corrected chi connectivity index (χ4v) is 1.94. The Bertz CT molecular complexity index is 420. The topological polar surface area (TPSA) is 4.93 Å². The van der Waals surface area contributed by atoms with Crippen LogP contribution >= 0.6 is 23.2 Å². The number of aromatic nitrogens is 1. The molecule has 0 aliphatic heterocycles. The zero-order valence-corrected chi connectivity index (χ0v) is 8.52. The average molecular weight is 214 g/mol. The Morgan fingerprint density at radius 1 is 1.23 bits per heavy atom. The number of hydrogen-bond acceptors (Lipinski definition) is 0. The van der Waals surface area contributed by atoms with Crippen LogP contribution in [0.15, 0.2) is 30.5 Å². The molecule has 0 saturated heterocycles. The third-order valence-electron chi connectivity index (χ3n) is 2.07. The molecule has 0 radical (unpaired) electrons. The molecule has 0 aliphatic rings. The van der Waals surface area contributed by atoms with E-state index in [2.05, 4.69) is 4.57 Å². The number of fused-ring (bicyclic) bond motifs is 1. The van der Waals surface area contributed by atoms with Gasteiger partial charge in [0.15, 0.2) is 0 Å². The smallest absolute Gasteiger partial charge is 0.0661 e. The van der Waals surface area contributed by atoms with Crippen molar-refractivity contribution < 1.29 is 0 Å². The predicted octanol–water partition coefficient (Wildman–Crippen LogP) is 3.53. The van der Waals surface area contributed by atoms with Crippen molar-refractivity contribution in [2.75, 3.05) is 5.88 Å². The van der Waals surface area contributed by atoms with Crippen LogP contribution in [0.1, 0.15) is 0 Å². The number of alkyl halides is 1. The predicted molar refractivity (Wildman–Crippen MR) is 57.7 cm³/mol. The highest BCUT2D eigenvalue weighted by Gasteiger charge is 2.04. The summed E-state index contributed by atoms with van der Waals surface area (Å²) in [5.41, 5.74) is 1.15. The van der Waals surface area contributed by atoms with Crippen LogP contribution < -0.4 is 0 Å². The lowest BCUT2D eigenvalue weighted by Gasteiger charge is -2.00. The van der Waals surface area contributed by atoms with Gasteiger partial charge in [-0.2, -0.15) is 0 Å². The monoisotopic (exact) mass is 213 g/mol. The van der Waals surface area contributed by atoms with Gasteiger partial charge >= 0.3 is 0 Å². The van der Waals surface area contributed by atoms with Crippen LogP contribution in [0, 0.1) is 0 Å². The van der Waals surface area contributed by atoms with Crippen molar-refractivity contribution in [3.63, 3.8) is 0 Å². The zero-order valence-electron chi connectivity index (χ0n) is 7.00. The van der Waals surface area contributed by atoms with E-state index in [1.165, 1.54) is 0 Å². The molecule has 1 aromatic carbocycles. The molecule has 0 fully saturated rings. The average Bonchev–Trinajstić information content (AvgIpc) is 2.46. The molecule has 0 N–H and O–H groups in total. The van der Waals surface area contributed by atoms with Crippen LogP contribution in [0.4, 0.5) is 0 Å². The fraction of sp³-hybridized carbons (Fsp3) is 0.200. The quantitative estimate of drug-likeness (QED) is 0.674. The van der Waals surface area contributed by atoms with Crippen molar-refractivity contribution in [2.45, 2.75) is 6.54 Å². The summed E-state index contributed by atoms with van der Waals surface area (Å²) in [7, 11) is 0. The largest absolute Gasteiger partial charge is 0.345 e. The van der Waals surface area contributed by atoms with Crippen molar-refractivity contribution in [3.05, 3.63) is 35.5 Å². The molecule has 2 aromatic rings. The summed E-state index contributed by atoms with van der Waals surface area (Å²) >= 11 is 11.7. The van der Waals surface area contributed by atoms with Crippen molar-refractivity contribution in [3.8, 4) is 0 Å². The summed E-state index contributed by atoms with van der Waals surface area (Å²) in [4.78, 5) is 0. The molecule has 0 aliphatic carbocycles. The Labute approximate surface area is 86.9 Å². The maximum absolute atomic E-state index is 6.05. The van der Waals surface area contributed by atoms with E-state index < -0.39 is 0 Å². The molecule has 0 bridgehead atoms. The molecule has 0 unspecified atom stereocenters. The van der Waals surface area contributed by atoms with Gasteiger partial charge in [-0.25, -0.2) is 0 Å². The van der Waals surface area contributed by atoms with E-state index in [1.54, 1.807) is 0 Å². The minimum atomic E-state index is 0.606. The van der Waals surface area contributed by atoms with Crippen LogP contribution in [-0.2, 0) is 6.54 Å². The molecule has 0 amide bonds. The molecule has 0 atom stereocenters. The summed E-state index contributed by atoms with van der Waals surface area (Å²) in [5, 5.41) is 1.88. The molecular formula is C10H9Cl2N. The summed E-state index contributed by atoms with van der Waals surface area (Å²) in [6.45, 7) is 0.800. The van der Waals surface area contributed by atoms with Gasteiger partial charge in [0, 0.05) is 29.5 Å². The Hall–Kier alpha value is -0.660. The first kappa shape index (κ1) is 8.92. The third kappa shape index (κ3) is 1.54. The van der Waals surface area contributed by atoms with Gasteiger partial charge in [-0.15, -0.1) is 11.6 Å². The summed E-state index contributed by atoms with van der Waals surface area (Å²) in [5.74, 6) is 0.606. The Balaban J connectivity index is 2.63. The van der Waals surface area contributed by atoms with Crippen LogP contribution in [0.5, 0.6) is 0 Å². The molecule has 0 spiro atoms. The summed E-state index contributed by atoms with van der Waals surface area (Å²) in [6.07, 6.45) is 1.93. The number of benzene rings is 1. The second-order valence-corrected chi connectivity index (χ2v) is 3.66. The van der Waals surface area contributed by atoms with Crippen LogP contribution in [0.25, 0.3) is 10.9 Å². The van der Waals surface area contributed by atoms with E-state index in [0.717, 1.165) is 22.5 Å². The van der Waals surface area contributed by atoms with E-state index in [9.17, 15) is 0 Å². The van der Waals surface area contributed by atoms with Crippen molar-refractivity contribution in [1.29, 1.82) is 0 Å². The molecule has 3 heteroatoms. The molecule has 0 saturated carbocycles. The number of rotatable bonds is 2. The standard InChI is InChI=1S/C10H9Cl2N/c11-5-6-13-7-9(12)8-3-1-2-4-10(8)13/h1-4,7H,5-6H2. The van der Waals surface area contributed by atoms with Gasteiger partial charge in [0.05, 0.1) is 5.02 Å². The molecule has 2 rings (SSSR count). The van der Waals surface area contributed by atoms with E-state index in [4.69, 9.17) is 23.2 Å². The minimum Gasteiger partial charge on any atom is -0.345 e. The molecule has 1 heterocycles. The van der Waals surface area contributed by atoms with E-state index >= 15 is 0 Å². The Kier molecular flexibility index (Phi) is 2.47. The molecular weight excluding hydrogens is 205 g/mol. The Morgan fingerprint density at radius 2 is 2.00 bits per heavy atom. The van der Waals surface area contributed by atoms with Gasteiger partial charge in [-0.1, -0.05) is 29.8 Å². The van der Waals surface area contributed by atoms with Crippen molar-refractivity contribution in [2.24, 2.45) is 0 Å². The zero-order chi connectivity index (χ0) is 9.26. The number of aryl methyl sites for hydroxylation is 1. The number of para-hydroxylation sites is 1. The van der Waals surface area contributed by atoms with Crippen LogP contribution in [0.3, 0.4) is 0 Å². The highest BCUT2D eigenvalue weighted by Crippen LogP contribution is 2.25. The van der Waals surface area contributed by atoms with Gasteiger partial charge in [0.1, 0.15) is 0 Å². The lowest BCUT2D eigenvalue weighted by atomic mass is 10.2. The van der Waals surface area contributed by atoms with Gasteiger partial charge in [-0.05, 0) is 6.07 Å². The summed E-state index contributed by atoms with van der Waals surface area (Å²) < 4.78 is 2.07. The first-order chi connectivity index (χ1) is 6.33. The lowest BCUT2D eigenvalue weighted by Crippen LogP contribution is -1.95. The number of nitrogens with zero attached hydrogens (tertiary/aromatic N) is 1. The highest BCUT2D eigenvalue weighted by molar-refractivity contribution is 6.35. The van der Waals surface area contributed by atoms with Gasteiger partial charge in [0.2, 0.25) is 0 Å². The van der Waals surface area contributed by atoms with E-state index in [0.29, 0.717) is 5.88 Å². The molecule has 68 valence electrons. The normalized spacial score (nSPS) is 10.9. The highest BCUT2D eigenvalue weighted by atomic mass is 35.5. The summed E-state index contributed by atoms with van der Waals surface area (Å²) in [6, 6.07) is 8.05. The number of hydrogen-bond donors (Lipinski definition) is 0. The van der Waals surface area contributed by atoms with Gasteiger partial charge < -0.3 is 4.57 Å². The van der Waals surface area contributed by atoms with Crippen LogP contribution in [-0.4, -0.2) is 10.4 Å². The van der Waals surface area contributed by atoms with E-state index in [1.807, 2.05) is 30.5 Å². The molecule has 1 aromatic heterocycles. The SMILES string of the molecule is ClCCn1cc(Cl)c2ccccc21. The number of halogens is 2. The van der Waals surface area contributed by atoms with Gasteiger partial charge in [-0.3, -0.25) is 0 Å². The van der Waals surface area contributed by atoms with Crippen LogP contribution in [0.2, 0.25) is 5.02 Å². The maximum atomic E-state index is 6.05. The second kappa shape index (κ2) is 3.60. The van der Waals surface area contributed by atoms with Crippen molar-refractivity contribution in [1.82, 2.24) is 4.57 Å². The molecule has 1 nitrogen and oxygen atoms in total. The van der Waals surface area contributed by atoms with Gasteiger partial charge in [0.25, 0.3) is 0 Å². The Morgan fingerprint density at radius 3 is 2.77 bits per heavy atom. The van der Waals surface area contributed by atoms with E-state index in [-0.39, 0.29) is 0 Å². The first-order valence-electron chi connectivity index (χ1n) is 4.12. The lowest BCUT2D eigenvalue weighted by molar-refractivity contribution is 0.804. The van der Waals surface area contributed by atoms with Crippen molar-refractivity contribution >= 4 is 34.1 Å². The first-order valence-corrected chi connectivity index (χ1v) is 5.03. The second-order valence-electron chi connectivity index (χ2n) is 2.88. The molecule has 13 heavy (non-hydrogen) atoms. The third-order valence-corrected chi connectivity index (χ3v) is 2.54.